The molecule has 2 aromatic carbocycles. The third-order valence-electron chi connectivity index (χ3n) is 4.21. The molecule has 0 aliphatic heterocycles. The Bertz CT molecular complexity index is 728. The van der Waals surface area contributed by atoms with Gasteiger partial charge in [-0.3, -0.25) is 10.1 Å². The Labute approximate surface area is 143 Å². The van der Waals surface area contributed by atoms with Gasteiger partial charge in [0.25, 0.3) is 5.69 Å². The fourth-order valence-electron chi connectivity index (χ4n) is 2.41. The van der Waals surface area contributed by atoms with Crippen molar-refractivity contribution in [3.05, 3.63) is 74.8 Å². The molecule has 0 unspecified atom stereocenters. The summed E-state index contributed by atoms with van der Waals surface area (Å²) in [5.74, 6) is 0. The van der Waals surface area contributed by atoms with Gasteiger partial charge in [0.05, 0.1) is 4.92 Å². The van der Waals surface area contributed by atoms with Crippen molar-refractivity contribution in [3.8, 4) is 0 Å². The van der Waals surface area contributed by atoms with Gasteiger partial charge in [0.15, 0.2) is 0 Å². The predicted molar refractivity (Wildman–Crippen MR) is 99.9 cm³/mol. The van der Waals surface area contributed by atoms with E-state index in [4.69, 9.17) is 5.73 Å². The van der Waals surface area contributed by atoms with Gasteiger partial charge in [0.1, 0.15) is 0 Å². The molecule has 0 bridgehead atoms. The van der Waals surface area contributed by atoms with E-state index in [1.807, 2.05) is 13.0 Å². The van der Waals surface area contributed by atoms with Crippen molar-refractivity contribution in [1.82, 2.24) is 0 Å². The van der Waals surface area contributed by atoms with Crippen LogP contribution in [0, 0.1) is 17.0 Å². The third-order valence-corrected chi connectivity index (χ3v) is 4.21. The summed E-state index contributed by atoms with van der Waals surface area (Å²) in [6.07, 6.45) is 6.83. The lowest BCUT2D eigenvalue weighted by atomic mass is 9.91. The minimum atomic E-state index is -0.375. The van der Waals surface area contributed by atoms with Gasteiger partial charge in [-0.25, -0.2) is 0 Å². The standard InChI is InChI=1S/C11H11NO2.C9H13N/c13-12(14)11-6-4-10(5-7-11)8-9-2-1-3-9;1-3-8-4-5-9(10)7(2)6-8/h4-8H,1-3H2;4-6H,3,10H2,1-2H3. The number of nitrogens with two attached hydrogens (primary N) is 1. The third kappa shape index (κ3) is 4.95. The van der Waals surface area contributed by atoms with Gasteiger partial charge >= 0.3 is 0 Å². The van der Waals surface area contributed by atoms with Crippen LogP contribution in [0.3, 0.4) is 0 Å². The molecule has 1 aliphatic carbocycles. The van der Waals surface area contributed by atoms with E-state index in [2.05, 4.69) is 25.1 Å². The van der Waals surface area contributed by atoms with E-state index in [0.717, 1.165) is 17.7 Å². The summed E-state index contributed by atoms with van der Waals surface area (Å²) >= 11 is 0. The first kappa shape index (κ1) is 17.7. The number of hydrogen-bond acceptors (Lipinski definition) is 3. The van der Waals surface area contributed by atoms with Crippen LogP contribution in [0.4, 0.5) is 11.4 Å². The maximum atomic E-state index is 10.4. The molecule has 0 spiro atoms. The SMILES string of the molecule is CCc1ccc(N)c(C)c1.O=[N+]([O-])c1ccc(C=C2CCC2)cc1. The minimum absolute atomic E-state index is 0.153. The molecule has 0 saturated heterocycles. The topological polar surface area (TPSA) is 69.2 Å². The van der Waals surface area contributed by atoms with Crippen molar-refractivity contribution >= 4 is 17.5 Å². The highest BCUT2D eigenvalue weighted by molar-refractivity contribution is 5.55. The molecule has 0 aromatic heterocycles. The highest BCUT2D eigenvalue weighted by Crippen LogP contribution is 2.27. The number of benzene rings is 2. The van der Waals surface area contributed by atoms with Crippen LogP contribution in [-0.4, -0.2) is 4.92 Å². The van der Waals surface area contributed by atoms with Gasteiger partial charge in [-0.2, -0.15) is 0 Å². The summed E-state index contributed by atoms with van der Waals surface area (Å²) in [5, 5.41) is 10.4. The molecule has 24 heavy (non-hydrogen) atoms. The Hall–Kier alpha value is -2.62. The van der Waals surface area contributed by atoms with Crippen molar-refractivity contribution in [2.45, 2.75) is 39.5 Å². The maximum Gasteiger partial charge on any atom is 0.269 e. The number of aryl methyl sites for hydroxylation is 2. The molecule has 0 atom stereocenters. The molecule has 126 valence electrons. The van der Waals surface area contributed by atoms with E-state index in [1.54, 1.807) is 24.3 Å². The second kappa shape index (κ2) is 8.29. The molecule has 0 heterocycles. The van der Waals surface area contributed by atoms with E-state index in [0.29, 0.717) is 0 Å². The molecular formula is C20H24N2O2. The summed E-state index contributed by atoms with van der Waals surface area (Å²) in [6.45, 7) is 4.18. The van der Waals surface area contributed by atoms with Crippen LogP contribution >= 0.6 is 0 Å². The number of hydrogen-bond donors (Lipinski definition) is 1. The number of allylic oxidation sites excluding steroid dienone is 1. The van der Waals surface area contributed by atoms with E-state index in [-0.39, 0.29) is 10.6 Å². The molecule has 0 amide bonds. The highest BCUT2D eigenvalue weighted by atomic mass is 16.6. The predicted octanol–water partition coefficient (Wildman–Crippen LogP) is 5.30. The number of nitro benzene ring substituents is 1. The maximum absolute atomic E-state index is 10.4. The Kier molecular flexibility index (Phi) is 6.13. The van der Waals surface area contributed by atoms with Crippen LogP contribution in [0.25, 0.3) is 6.08 Å². The van der Waals surface area contributed by atoms with Crippen LogP contribution in [0.5, 0.6) is 0 Å². The van der Waals surface area contributed by atoms with Gasteiger partial charge in [-0.05, 0) is 67.5 Å². The van der Waals surface area contributed by atoms with Crippen LogP contribution in [0.15, 0.2) is 48.0 Å². The van der Waals surface area contributed by atoms with Crippen molar-refractivity contribution in [2.24, 2.45) is 0 Å². The Morgan fingerprint density at radius 1 is 1.17 bits per heavy atom. The minimum Gasteiger partial charge on any atom is -0.399 e. The molecule has 2 aromatic rings. The largest absolute Gasteiger partial charge is 0.399 e. The van der Waals surface area contributed by atoms with E-state index >= 15 is 0 Å². The van der Waals surface area contributed by atoms with Crippen molar-refractivity contribution in [3.63, 3.8) is 0 Å². The molecule has 1 aliphatic rings. The van der Waals surface area contributed by atoms with Gasteiger partial charge in [-0.15, -0.1) is 0 Å². The zero-order chi connectivity index (χ0) is 17.5. The number of nitrogens with zero attached hydrogens (tertiary/aromatic N) is 1. The lowest BCUT2D eigenvalue weighted by Crippen LogP contribution is -1.95. The first-order valence-electron chi connectivity index (χ1n) is 8.28. The van der Waals surface area contributed by atoms with Crippen LogP contribution < -0.4 is 5.73 Å². The fraction of sp³-hybridized carbons (Fsp3) is 0.300. The van der Waals surface area contributed by atoms with Gasteiger partial charge in [0, 0.05) is 17.8 Å². The normalized spacial score (nSPS) is 12.7. The van der Waals surface area contributed by atoms with Crippen LogP contribution in [0.2, 0.25) is 0 Å². The summed E-state index contributed by atoms with van der Waals surface area (Å²) in [5.41, 5.74) is 11.7. The fourth-order valence-corrected chi connectivity index (χ4v) is 2.41. The van der Waals surface area contributed by atoms with Crippen LogP contribution in [-0.2, 0) is 6.42 Å². The average molecular weight is 324 g/mol. The van der Waals surface area contributed by atoms with Gasteiger partial charge in [0.2, 0.25) is 0 Å². The van der Waals surface area contributed by atoms with E-state index < -0.39 is 0 Å². The first-order chi connectivity index (χ1) is 11.5. The molecule has 3 rings (SSSR count). The monoisotopic (exact) mass is 324 g/mol. The Balaban J connectivity index is 0.000000185. The van der Waals surface area contributed by atoms with Crippen molar-refractivity contribution < 1.29 is 4.92 Å². The smallest absolute Gasteiger partial charge is 0.269 e. The molecule has 0 radical (unpaired) electrons. The quantitative estimate of drug-likeness (QED) is 0.473. The number of nitrogen functional groups attached to an aromatic ring is 1. The summed E-state index contributed by atoms with van der Waals surface area (Å²) in [6, 6.07) is 12.9. The highest BCUT2D eigenvalue weighted by Gasteiger charge is 2.08. The van der Waals surface area contributed by atoms with Gasteiger partial charge in [-0.1, -0.05) is 30.7 Å². The summed E-state index contributed by atoms with van der Waals surface area (Å²) in [4.78, 5) is 10.0. The second-order valence-electron chi connectivity index (χ2n) is 6.05. The molecule has 4 heteroatoms. The lowest BCUT2D eigenvalue weighted by Gasteiger charge is -2.15. The summed E-state index contributed by atoms with van der Waals surface area (Å²) < 4.78 is 0. The lowest BCUT2D eigenvalue weighted by molar-refractivity contribution is -0.384. The van der Waals surface area contributed by atoms with Gasteiger partial charge < -0.3 is 5.73 Å². The number of rotatable bonds is 3. The van der Waals surface area contributed by atoms with Crippen molar-refractivity contribution in [2.75, 3.05) is 5.73 Å². The van der Waals surface area contributed by atoms with Crippen molar-refractivity contribution in [1.29, 1.82) is 0 Å². The molecule has 2 N–H and O–H groups in total. The Morgan fingerprint density at radius 2 is 1.83 bits per heavy atom. The number of non-ortho nitro benzene ring substituents is 1. The molecule has 4 nitrogen and oxygen atoms in total. The zero-order valence-corrected chi connectivity index (χ0v) is 14.3. The molecule has 1 saturated carbocycles. The van der Waals surface area contributed by atoms with Crippen LogP contribution in [0.1, 0.15) is 42.9 Å². The van der Waals surface area contributed by atoms with E-state index in [9.17, 15) is 10.1 Å². The summed E-state index contributed by atoms with van der Waals surface area (Å²) in [7, 11) is 0. The van der Waals surface area contributed by atoms with E-state index in [1.165, 1.54) is 36.0 Å². The average Bonchev–Trinajstić information content (AvgIpc) is 2.54. The second-order valence-corrected chi connectivity index (χ2v) is 6.05. The first-order valence-corrected chi connectivity index (χ1v) is 8.28. The number of anilines is 1. The Morgan fingerprint density at radius 3 is 2.29 bits per heavy atom. The number of nitro groups is 1. The zero-order valence-electron chi connectivity index (χ0n) is 14.3. The molecule has 1 fully saturated rings. The molecular weight excluding hydrogens is 300 g/mol.